The maximum atomic E-state index is 10.9. The van der Waals surface area contributed by atoms with E-state index in [2.05, 4.69) is 15.0 Å². The van der Waals surface area contributed by atoms with Gasteiger partial charge in [-0.05, 0) is 12.8 Å². The molecule has 76 valence electrons. The van der Waals surface area contributed by atoms with Gasteiger partial charge in [0.1, 0.15) is 0 Å². The van der Waals surface area contributed by atoms with Crippen molar-refractivity contribution >= 4 is 22.4 Å². The van der Waals surface area contributed by atoms with Gasteiger partial charge in [0.05, 0.1) is 19.2 Å². The second-order valence-electron chi connectivity index (χ2n) is 3.32. The van der Waals surface area contributed by atoms with Crippen LogP contribution in [-0.4, -0.2) is 24.1 Å². The molecule has 0 saturated heterocycles. The van der Waals surface area contributed by atoms with Crippen LogP contribution < -0.4 is 5.32 Å². The lowest BCUT2D eigenvalue weighted by Gasteiger charge is -1.96. The number of hydrogen-bond donors (Lipinski definition) is 1. The van der Waals surface area contributed by atoms with Crippen LogP contribution in [0.3, 0.4) is 0 Å². The number of rotatable bonds is 4. The third-order valence-corrected chi connectivity index (χ3v) is 2.83. The van der Waals surface area contributed by atoms with E-state index in [4.69, 9.17) is 0 Å². The molecule has 1 saturated carbocycles. The fraction of sp³-hybridized carbons (Fsp3) is 0.556. The van der Waals surface area contributed by atoms with Crippen LogP contribution >= 0.6 is 11.3 Å². The molecule has 0 bridgehead atoms. The molecule has 0 aliphatic heterocycles. The Morgan fingerprint density at radius 3 is 3.21 bits per heavy atom. The minimum atomic E-state index is -0.242. The number of nitrogens with one attached hydrogen (secondary N) is 1. The lowest BCUT2D eigenvalue weighted by Crippen LogP contribution is -2.05. The Labute approximate surface area is 86.3 Å². The molecule has 4 nitrogen and oxygen atoms in total. The van der Waals surface area contributed by atoms with Crippen LogP contribution in [0.1, 0.15) is 18.5 Å². The standard InChI is InChI=1S/C9H12N2O2S/c1-13-8(12)4-7-5-14-9(11-7)10-6-2-3-6/h5-6H,2-4H2,1H3,(H,10,11). The first-order valence-corrected chi connectivity index (χ1v) is 5.43. The molecular formula is C9H12N2O2S. The van der Waals surface area contributed by atoms with Crippen LogP contribution in [0.15, 0.2) is 5.38 Å². The number of carbonyl (C=O) groups excluding carboxylic acids is 1. The average Bonchev–Trinajstić information content (AvgIpc) is 2.87. The van der Waals surface area contributed by atoms with Gasteiger partial charge >= 0.3 is 5.97 Å². The van der Waals surface area contributed by atoms with Crippen LogP contribution in [0.5, 0.6) is 0 Å². The van der Waals surface area contributed by atoms with Gasteiger partial charge in [-0.2, -0.15) is 0 Å². The summed E-state index contributed by atoms with van der Waals surface area (Å²) in [6.45, 7) is 0. The summed E-state index contributed by atoms with van der Waals surface area (Å²) in [4.78, 5) is 15.2. The van der Waals surface area contributed by atoms with E-state index in [1.165, 1.54) is 20.0 Å². The fourth-order valence-electron chi connectivity index (χ4n) is 1.08. The Balaban J connectivity index is 1.91. The number of anilines is 1. The summed E-state index contributed by atoms with van der Waals surface area (Å²) in [5.41, 5.74) is 0.782. The molecule has 1 heterocycles. The first-order valence-electron chi connectivity index (χ1n) is 4.55. The van der Waals surface area contributed by atoms with Crippen molar-refractivity contribution < 1.29 is 9.53 Å². The van der Waals surface area contributed by atoms with E-state index in [9.17, 15) is 4.79 Å². The normalized spacial score (nSPS) is 15.2. The van der Waals surface area contributed by atoms with Gasteiger partial charge in [0.2, 0.25) is 0 Å². The van der Waals surface area contributed by atoms with Gasteiger partial charge in [-0.15, -0.1) is 11.3 Å². The number of methoxy groups -OCH3 is 1. The van der Waals surface area contributed by atoms with E-state index in [1.54, 1.807) is 11.3 Å². The summed E-state index contributed by atoms with van der Waals surface area (Å²) in [7, 11) is 1.39. The van der Waals surface area contributed by atoms with Gasteiger partial charge in [-0.25, -0.2) is 4.98 Å². The topological polar surface area (TPSA) is 51.2 Å². The largest absolute Gasteiger partial charge is 0.469 e. The smallest absolute Gasteiger partial charge is 0.311 e. The van der Waals surface area contributed by atoms with E-state index in [0.29, 0.717) is 6.04 Å². The van der Waals surface area contributed by atoms with Crippen molar-refractivity contribution in [2.24, 2.45) is 0 Å². The molecule has 0 unspecified atom stereocenters. The zero-order valence-electron chi connectivity index (χ0n) is 7.95. The van der Waals surface area contributed by atoms with Gasteiger partial charge in [0.15, 0.2) is 5.13 Å². The number of esters is 1. The molecule has 0 radical (unpaired) electrons. The molecule has 1 aliphatic rings. The van der Waals surface area contributed by atoms with E-state index in [1.807, 2.05) is 5.38 Å². The number of aromatic nitrogens is 1. The highest BCUT2D eigenvalue weighted by Gasteiger charge is 2.22. The molecule has 2 rings (SSSR count). The van der Waals surface area contributed by atoms with Crippen LogP contribution in [0, 0.1) is 0 Å². The summed E-state index contributed by atoms with van der Waals surface area (Å²) in [6.07, 6.45) is 2.72. The zero-order valence-corrected chi connectivity index (χ0v) is 8.76. The predicted octanol–water partition coefficient (Wildman–Crippen LogP) is 1.43. The van der Waals surface area contributed by atoms with Gasteiger partial charge in [0, 0.05) is 11.4 Å². The van der Waals surface area contributed by atoms with E-state index < -0.39 is 0 Å². The Bertz CT molecular complexity index is 333. The molecule has 1 fully saturated rings. The Morgan fingerprint density at radius 1 is 1.79 bits per heavy atom. The molecule has 5 heteroatoms. The van der Waals surface area contributed by atoms with Crippen molar-refractivity contribution in [3.63, 3.8) is 0 Å². The molecular weight excluding hydrogens is 200 g/mol. The van der Waals surface area contributed by atoms with Gasteiger partial charge < -0.3 is 10.1 Å². The summed E-state index contributed by atoms with van der Waals surface area (Å²) in [5.74, 6) is -0.242. The molecule has 1 aliphatic carbocycles. The van der Waals surface area contributed by atoms with Crippen molar-refractivity contribution in [2.75, 3.05) is 12.4 Å². The quantitative estimate of drug-likeness (QED) is 0.767. The maximum Gasteiger partial charge on any atom is 0.311 e. The molecule has 1 aromatic rings. The number of ether oxygens (including phenoxy) is 1. The summed E-state index contributed by atoms with van der Waals surface area (Å²) >= 11 is 1.54. The molecule has 1 aromatic heterocycles. The lowest BCUT2D eigenvalue weighted by molar-refractivity contribution is -0.139. The minimum absolute atomic E-state index is 0.242. The van der Waals surface area contributed by atoms with Crippen LogP contribution in [0.4, 0.5) is 5.13 Å². The van der Waals surface area contributed by atoms with E-state index in [-0.39, 0.29) is 12.4 Å². The molecule has 0 atom stereocenters. The third kappa shape index (κ3) is 2.45. The second-order valence-corrected chi connectivity index (χ2v) is 4.17. The lowest BCUT2D eigenvalue weighted by atomic mass is 10.3. The number of nitrogens with zero attached hydrogens (tertiary/aromatic N) is 1. The minimum Gasteiger partial charge on any atom is -0.469 e. The molecule has 0 aromatic carbocycles. The highest BCUT2D eigenvalue weighted by Crippen LogP contribution is 2.26. The first-order chi connectivity index (χ1) is 6.78. The highest BCUT2D eigenvalue weighted by molar-refractivity contribution is 7.13. The predicted molar refractivity (Wildman–Crippen MR) is 54.5 cm³/mol. The first kappa shape index (κ1) is 9.45. The van der Waals surface area contributed by atoms with Crippen LogP contribution in [-0.2, 0) is 16.0 Å². The number of hydrogen-bond acceptors (Lipinski definition) is 5. The summed E-state index contributed by atoms with van der Waals surface area (Å²) in [5, 5.41) is 6.08. The van der Waals surface area contributed by atoms with Crippen molar-refractivity contribution in [3.8, 4) is 0 Å². The SMILES string of the molecule is COC(=O)Cc1csc(NC2CC2)n1. The van der Waals surface area contributed by atoms with Crippen LogP contribution in [0.25, 0.3) is 0 Å². The number of carbonyl (C=O) groups is 1. The van der Waals surface area contributed by atoms with E-state index in [0.717, 1.165) is 10.8 Å². The maximum absolute atomic E-state index is 10.9. The van der Waals surface area contributed by atoms with Crippen LogP contribution in [0.2, 0.25) is 0 Å². The van der Waals surface area contributed by atoms with Crippen molar-refractivity contribution in [1.29, 1.82) is 0 Å². The average molecular weight is 212 g/mol. The molecule has 14 heavy (non-hydrogen) atoms. The zero-order chi connectivity index (χ0) is 9.97. The summed E-state index contributed by atoms with van der Waals surface area (Å²) < 4.78 is 4.56. The Morgan fingerprint density at radius 2 is 2.57 bits per heavy atom. The number of thiazole rings is 1. The molecule has 0 spiro atoms. The van der Waals surface area contributed by atoms with Crippen molar-refractivity contribution in [1.82, 2.24) is 4.98 Å². The second kappa shape index (κ2) is 3.96. The van der Waals surface area contributed by atoms with Gasteiger partial charge in [-0.1, -0.05) is 0 Å². The van der Waals surface area contributed by atoms with Gasteiger partial charge in [0.25, 0.3) is 0 Å². The Hall–Kier alpha value is -1.10. The third-order valence-electron chi connectivity index (χ3n) is 2.01. The van der Waals surface area contributed by atoms with Crippen molar-refractivity contribution in [2.45, 2.75) is 25.3 Å². The monoisotopic (exact) mass is 212 g/mol. The highest BCUT2D eigenvalue weighted by atomic mass is 32.1. The van der Waals surface area contributed by atoms with Crippen molar-refractivity contribution in [3.05, 3.63) is 11.1 Å². The van der Waals surface area contributed by atoms with E-state index >= 15 is 0 Å². The van der Waals surface area contributed by atoms with Gasteiger partial charge in [-0.3, -0.25) is 4.79 Å². The molecule has 0 amide bonds. The molecule has 1 N–H and O–H groups in total. The fourth-order valence-corrected chi connectivity index (χ4v) is 1.87. The summed E-state index contributed by atoms with van der Waals surface area (Å²) in [6, 6.07) is 0.604. The Kier molecular flexibility index (Phi) is 2.67.